The van der Waals surface area contributed by atoms with Crippen LogP contribution in [-0.4, -0.2) is 23.6 Å². The van der Waals surface area contributed by atoms with E-state index < -0.39 is 11.1 Å². The molecule has 0 saturated carbocycles. The summed E-state index contributed by atoms with van der Waals surface area (Å²) in [5.41, 5.74) is 0.0976. The molecule has 0 unspecified atom stereocenters. The van der Waals surface area contributed by atoms with Crippen LogP contribution in [0.5, 0.6) is 5.88 Å². The van der Waals surface area contributed by atoms with Crippen molar-refractivity contribution >= 4 is 35.2 Å². The summed E-state index contributed by atoms with van der Waals surface area (Å²) in [6.45, 7) is 8.08. The molecule has 32 heavy (non-hydrogen) atoms. The van der Waals surface area contributed by atoms with Crippen molar-refractivity contribution in [1.29, 1.82) is 0 Å². The predicted molar refractivity (Wildman–Crippen MR) is 127 cm³/mol. The maximum Gasteiger partial charge on any atom is 0.299 e. The van der Waals surface area contributed by atoms with E-state index in [1.807, 2.05) is 13.8 Å². The number of hydrogen-bond donors (Lipinski definition) is 1. The van der Waals surface area contributed by atoms with Crippen molar-refractivity contribution in [2.45, 2.75) is 46.7 Å². The largest absolute Gasteiger partial charge is 0.493 e. The number of aromatic hydroxyl groups is 1. The third-order valence-electron chi connectivity index (χ3n) is 5.16. The fraction of sp³-hybridized carbons (Fsp3) is 0.381. The van der Waals surface area contributed by atoms with E-state index in [1.165, 1.54) is 13.8 Å². The standard InChI is InChI=1S/C21H25ClN6O3S/c1-6-26-18(29)16(19(30)27(7-2)21(26)32)24-23-15-17(12(3)4)25(5)28(20(15)31)14-10-8-13(22)9-11-14/h8-12,29H,6-7H2,1-5H3. The second-order valence-electron chi connectivity index (χ2n) is 7.45. The van der Waals surface area contributed by atoms with E-state index in [0.717, 1.165) is 0 Å². The van der Waals surface area contributed by atoms with Crippen LogP contribution in [0.2, 0.25) is 5.02 Å². The molecule has 2 heterocycles. The number of halogens is 1. The molecule has 1 N–H and O–H groups in total. The molecule has 170 valence electrons. The maximum absolute atomic E-state index is 13.3. The van der Waals surface area contributed by atoms with Gasteiger partial charge in [0.1, 0.15) is 0 Å². The monoisotopic (exact) mass is 476 g/mol. The lowest BCUT2D eigenvalue weighted by Gasteiger charge is -2.13. The van der Waals surface area contributed by atoms with Crippen LogP contribution in [0.4, 0.5) is 11.4 Å². The van der Waals surface area contributed by atoms with Gasteiger partial charge in [-0.2, -0.15) is 0 Å². The molecule has 9 nitrogen and oxygen atoms in total. The Kier molecular flexibility index (Phi) is 6.85. The zero-order valence-electron chi connectivity index (χ0n) is 18.5. The van der Waals surface area contributed by atoms with E-state index in [4.69, 9.17) is 23.8 Å². The first-order valence-electron chi connectivity index (χ1n) is 10.2. The lowest BCUT2D eigenvalue weighted by atomic mass is 10.1. The van der Waals surface area contributed by atoms with Crippen molar-refractivity contribution in [3.8, 4) is 11.6 Å². The molecule has 3 aromatic rings. The molecule has 0 saturated heterocycles. The summed E-state index contributed by atoms with van der Waals surface area (Å²) in [4.78, 5) is 26.1. The number of rotatable bonds is 6. The van der Waals surface area contributed by atoms with E-state index in [1.54, 1.807) is 49.8 Å². The van der Waals surface area contributed by atoms with Crippen LogP contribution >= 0.6 is 23.8 Å². The first kappa shape index (κ1) is 23.7. The third kappa shape index (κ3) is 3.95. The second-order valence-corrected chi connectivity index (χ2v) is 8.26. The highest BCUT2D eigenvalue weighted by molar-refractivity contribution is 7.71. The van der Waals surface area contributed by atoms with Crippen LogP contribution in [0.1, 0.15) is 39.3 Å². The van der Waals surface area contributed by atoms with Crippen molar-refractivity contribution in [3.63, 3.8) is 0 Å². The summed E-state index contributed by atoms with van der Waals surface area (Å²) in [6, 6.07) is 6.84. The molecule has 0 aliphatic heterocycles. The molecule has 0 amide bonds. The zero-order chi connectivity index (χ0) is 23.7. The van der Waals surface area contributed by atoms with E-state index in [2.05, 4.69) is 10.2 Å². The van der Waals surface area contributed by atoms with Crippen molar-refractivity contribution in [2.24, 2.45) is 17.3 Å². The first-order chi connectivity index (χ1) is 15.1. The topological polar surface area (TPSA) is 98.8 Å². The SMILES string of the molecule is CCn1c(O)c(N=Nc2c(C(C)C)n(C)n(-c3ccc(Cl)cc3)c2=O)c(=O)n(CC)c1=S. The summed E-state index contributed by atoms with van der Waals surface area (Å²) >= 11 is 11.3. The van der Waals surface area contributed by atoms with Crippen LogP contribution in [0.3, 0.4) is 0 Å². The maximum atomic E-state index is 13.3. The summed E-state index contributed by atoms with van der Waals surface area (Å²) in [5.74, 6) is -0.442. The number of hydrogen-bond acceptors (Lipinski definition) is 6. The lowest BCUT2D eigenvalue weighted by molar-refractivity contribution is 0.402. The quantitative estimate of drug-likeness (QED) is 0.407. The van der Waals surface area contributed by atoms with Crippen LogP contribution in [0.25, 0.3) is 5.69 Å². The Labute approximate surface area is 194 Å². The zero-order valence-corrected chi connectivity index (χ0v) is 20.1. The molecule has 0 radical (unpaired) electrons. The van der Waals surface area contributed by atoms with E-state index >= 15 is 0 Å². The van der Waals surface area contributed by atoms with Crippen LogP contribution in [-0.2, 0) is 20.1 Å². The van der Waals surface area contributed by atoms with Crippen molar-refractivity contribution in [1.82, 2.24) is 18.5 Å². The molecule has 0 aliphatic carbocycles. The van der Waals surface area contributed by atoms with Crippen molar-refractivity contribution in [3.05, 3.63) is 60.5 Å². The summed E-state index contributed by atoms with van der Waals surface area (Å²) in [7, 11) is 1.75. The van der Waals surface area contributed by atoms with Gasteiger partial charge in [-0.05, 0) is 56.2 Å². The highest BCUT2D eigenvalue weighted by Gasteiger charge is 2.22. The molecular formula is C21H25ClN6O3S. The average Bonchev–Trinajstić information content (AvgIpc) is 2.99. The Morgan fingerprint density at radius 3 is 2.09 bits per heavy atom. The van der Waals surface area contributed by atoms with E-state index in [-0.39, 0.29) is 27.9 Å². The first-order valence-corrected chi connectivity index (χ1v) is 11.0. The number of azo groups is 1. The van der Waals surface area contributed by atoms with Gasteiger partial charge in [0, 0.05) is 25.2 Å². The van der Waals surface area contributed by atoms with E-state index in [9.17, 15) is 14.7 Å². The van der Waals surface area contributed by atoms with Crippen molar-refractivity contribution in [2.75, 3.05) is 0 Å². The van der Waals surface area contributed by atoms with Crippen LogP contribution < -0.4 is 11.1 Å². The third-order valence-corrected chi connectivity index (χ3v) is 5.86. The fourth-order valence-electron chi connectivity index (χ4n) is 3.65. The summed E-state index contributed by atoms with van der Waals surface area (Å²) in [6.07, 6.45) is 0. The normalized spacial score (nSPS) is 11.7. The van der Waals surface area contributed by atoms with Gasteiger partial charge in [0.05, 0.1) is 11.4 Å². The minimum Gasteiger partial charge on any atom is -0.493 e. The van der Waals surface area contributed by atoms with Gasteiger partial charge in [-0.3, -0.25) is 23.4 Å². The second kappa shape index (κ2) is 9.25. The molecule has 11 heteroatoms. The molecule has 0 atom stereocenters. The van der Waals surface area contributed by atoms with Crippen LogP contribution in [0, 0.1) is 4.77 Å². The molecule has 0 fully saturated rings. The lowest BCUT2D eigenvalue weighted by Crippen LogP contribution is -2.24. The van der Waals surface area contributed by atoms with Gasteiger partial charge < -0.3 is 5.11 Å². The van der Waals surface area contributed by atoms with Crippen LogP contribution in [0.15, 0.2) is 44.1 Å². The molecule has 0 bridgehead atoms. The molecule has 0 spiro atoms. The Balaban J connectivity index is 2.26. The molecule has 2 aromatic heterocycles. The van der Waals surface area contributed by atoms with Gasteiger partial charge in [-0.25, -0.2) is 4.68 Å². The Morgan fingerprint density at radius 1 is 1.00 bits per heavy atom. The molecule has 3 rings (SSSR count). The highest BCUT2D eigenvalue weighted by Crippen LogP contribution is 2.29. The fourth-order valence-corrected chi connectivity index (χ4v) is 4.20. The summed E-state index contributed by atoms with van der Waals surface area (Å²) in [5, 5.41) is 19.3. The van der Waals surface area contributed by atoms with E-state index in [0.29, 0.717) is 29.5 Å². The Morgan fingerprint density at radius 2 is 1.56 bits per heavy atom. The highest BCUT2D eigenvalue weighted by atomic mass is 35.5. The minimum atomic E-state index is -0.566. The van der Waals surface area contributed by atoms with Gasteiger partial charge in [0.15, 0.2) is 10.5 Å². The number of nitrogens with zero attached hydrogens (tertiary/aromatic N) is 6. The number of benzene rings is 1. The van der Waals surface area contributed by atoms with Gasteiger partial charge in [-0.15, -0.1) is 10.2 Å². The average molecular weight is 477 g/mol. The van der Waals surface area contributed by atoms with Gasteiger partial charge in [0.2, 0.25) is 11.6 Å². The Bertz CT molecular complexity index is 1360. The molecule has 0 aliphatic rings. The van der Waals surface area contributed by atoms with Crippen molar-refractivity contribution < 1.29 is 5.11 Å². The molecule has 1 aromatic carbocycles. The smallest absolute Gasteiger partial charge is 0.299 e. The van der Waals surface area contributed by atoms with Gasteiger partial charge >= 0.3 is 0 Å². The predicted octanol–water partition coefficient (Wildman–Crippen LogP) is 4.81. The van der Waals surface area contributed by atoms with Gasteiger partial charge in [-0.1, -0.05) is 25.4 Å². The molecular weight excluding hydrogens is 452 g/mol. The number of aromatic nitrogens is 4. The van der Waals surface area contributed by atoms with Gasteiger partial charge in [0.25, 0.3) is 11.1 Å². The Hall–Kier alpha value is -2.98. The minimum absolute atomic E-state index is 0.0632. The summed E-state index contributed by atoms with van der Waals surface area (Å²) < 4.78 is 6.09.